The first-order valence-corrected chi connectivity index (χ1v) is 9.50. The molecule has 0 unspecified atom stereocenters. The second kappa shape index (κ2) is 8.84. The number of hydrogen-bond acceptors (Lipinski definition) is 4. The van der Waals surface area contributed by atoms with E-state index in [1.54, 1.807) is 32.2 Å². The molecule has 0 aliphatic rings. The molecule has 0 fully saturated rings. The zero-order valence-corrected chi connectivity index (χ0v) is 17.2. The highest BCUT2D eigenvalue weighted by Crippen LogP contribution is 2.16. The molecule has 0 saturated heterocycles. The van der Waals surface area contributed by atoms with Gasteiger partial charge in [0.15, 0.2) is 0 Å². The Morgan fingerprint density at radius 3 is 2.64 bits per heavy atom. The maximum Gasteiger partial charge on any atom is 0.270 e. The predicted octanol–water partition coefficient (Wildman–Crippen LogP) is 3.55. The summed E-state index contributed by atoms with van der Waals surface area (Å²) in [6.07, 6.45) is 0.438. The second-order valence-corrected chi connectivity index (χ2v) is 7.27. The molecule has 144 valence electrons. The van der Waals surface area contributed by atoms with Crippen LogP contribution >= 0.6 is 15.9 Å². The molecule has 2 aromatic carbocycles. The van der Waals surface area contributed by atoms with Gasteiger partial charge < -0.3 is 10.1 Å². The van der Waals surface area contributed by atoms with Crippen LogP contribution in [-0.4, -0.2) is 22.8 Å². The number of anilines is 1. The topological polar surface area (TPSA) is 73.2 Å². The second-order valence-electron chi connectivity index (χ2n) is 6.36. The lowest BCUT2D eigenvalue weighted by molar-refractivity contribution is -0.117. The Morgan fingerprint density at radius 1 is 1.18 bits per heavy atom. The van der Waals surface area contributed by atoms with E-state index in [0.29, 0.717) is 23.4 Å². The maximum absolute atomic E-state index is 12.8. The lowest BCUT2D eigenvalue weighted by atomic mass is 10.1. The first-order valence-electron chi connectivity index (χ1n) is 8.70. The SMILES string of the molecule is COc1cccc(Cc2cc(C)nn(CC(=O)Nc3ccc(Br)cc3)c2=O)c1. The summed E-state index contributed by atoms with van der Waals surface area (Å²) in [7, 11) is 1.60. The van der Waals surface area contributed by atoms with Gasteiger partial charge in [-0.2, -0.15) is 5.10 Å². The van der Waals surface area contributed by atoms with Gasteiger partial charge in [-0.05, 0) is 55.0 Å². The van der Waals surface area contributed by atoms with Gasteiger partial charge in [-0.15, -0.1) is 0 Å². The number of benzene rings is 2. The molecular formula is C21H20BrN3O3. The van der Waals surface area contributed by atoms with Crippen LogP contribution in [0.1, 0.15) is 16.8 Å². The Labute approximate surface area is 171 Å². The molecule has 1 heterocycles. The van der Waals surface area contributed by atoms with E-state index in [4.69, 9.17) is 4.74 Å². The highest BCUT2D eigenvalue weighted by atomic mass is 79.9. The molecule has 0 aliphatic heterocycles. The number of carbonyl (C=O) groups excluding carboxylic acids is 1. The summed E-state index contributed by atoms with van der Waals surface area (Å²) in [4.78, 5) is 25.1. The molecule has 0 atom stereocenters. The summed E-state index contributed by atoms with van der Waals surface area (Å²) in [6.45, 7) is 1.65. The molecule has 1 N–H and O–H groups in total. The average molecular weight is 442 g/mol. The quantitative estimate of drug-likeness (QED) is 0.634. The van der Waals surface area contributed by atoms with Crippen LogP contribution in [0, 0.1) is 6.92 Å². The number of aryl methyl sites for hydroxylation is 1. The van der Waals surface area contributed by atoms with Gasteiger partial charge >= 0.3 is 0 Å². The van der Waals surface area contributed by atoms with Crippen molar-refractivity contribution in [3.05, 3.63) is 86.2 Å². The van der Waals surface area contributed by atoms with Crippen molar-refractivity contribution in [2.75, 3.05) is 12.4 Å². The minimum atomic E-state index is -0.310. The summed E-state index contributed by atoms with van der Waals surface area (Å²) >= 11 is 3.35. The molecule has 0 aliphatic carbocycles. The number of hydrogen-bond donors (Lipinski definition) is 1. The number of nitrogens with one attached hydrogen (secondary N) is 1. The van der Waals surface area contributed by atoms with Gasteiger partial charge in [-0.25, -0.2) is 4.68 Å². The first-order chi connectivity index (χ1) is 13.4. The van der Waals surface area contributed by atoms with E-state index in [1.165, 1.54) is 4.68 Å². The van der Waals surface area contributed by atoms with Crippen LogP contribution in [0.25, 0.3) is 0 Å². The Hall–Kier alpha value is -2.93. The van der Waals surface area contributed by atoms with E-state index < -0.39 is 0 Å². The maximum atomic E-state index is 12.8. The number of carbonyl (C=O) groups is 1. The fourth-order valence-electron chi connectivity index (χ4n) is 2.85. The minimum absolute atomic E-state index is 0.151. The van der Waals surface area contributed by atoms with Gasteiger partial charge in [0, 0.05) is 22.1 Å². The highest BCUT2D eigenvalue weighted by molar-refractivity contribution is 9.10. The van der Waals surface area contributed by atoms with E-state index in [9.17, 15) is 9.59 Å². The van der Waals surface area contributed by atoms with Gasteiger partial charge in [0.1, 0.15) is 12.3 Å². The molecule has 1 amide bonds. The van der Waals surface area contributed by atoms with Gasteiger partial charge in [0.2, 0.25) is 5.91 Å². The summed E-state index contributed by atoms with van der Waals surface area (Å²) < 4.78 is 7.36. The normalized spacial score (nSPS) is 10.5. The molecule has 0 bridgehead atoms. The molecule has 0 saturated carbocycles. The van der Waals surface area contributed by atoms with Crippen molar-refractivity contribution >= 4 is 27.5 Å². The van der Waals surface area contributed by atoms with Gasteiger partial charge in [0.25, 0.3) is 5.56 Å². The van der Waals surface area contributed by atoms with Crippen molar-refractivity contribution in [2.45, 2.75) is 19.9 Å². The number of aromatic nitrogens is 2. The largest absolute Gasteiger partial charge is 0.497 e. The molecule has 28 heavy (non-hydrogen) atoms. The van der Waals surface area contributed by atoms with Gasteiger partial charge in [-0.1, -0.05) is 28.1 Å². The van der Waals surface area contributed by atoms with E-state index in [-0.39, 0.29) is 18.0 Å². The van der Waals surface area contributed by atoms with Crippen molar-refractivity contribution in [1.29, 1.82) is 0 Å². The Morgan fingerprint density at radius 2 is 1.93 bits per heavy atom. The van der Waals surface area contributed by atoms with Crippen LogP contribution in [-0.2, 0) is 17.8 Å². The van der Waals surface area contributed by atoms with E-state index in [2.05, 4.69) is 26.3 Å². The summed E-state index contributed by atoms with van der Waals surface area (Å²) in [6, 6.07) is 16.5. The fourth-order valence-corrected chi connectivity index (χ4v) is 3.11. The van der Waals surface area contributed by atoms with Crippen molar-refractivity contribution in [2.24, 2.45) is 0 Å². The first kappa shape index (κ1) is 19.8. The molecule has 6 nitrogen and oxygen atoms in total. The number of ether oxygens (including phenoxy) is 1. The Bertz CT molecular complexity index is 1050. The minimum Gasteiger partial charge on any atom is -0.497 e. The van der Waals surface area contributed by atoms with E-state index in [1.807, 2.05) is 36.4 Å². The number of rotatable bonds is 6. The van der Waals surface area contributed by atoms with Crippen LogP contribution in [0.3, 0.4) is 0 Å². The molecule has 1 aromatic heterocycles. The molecule has 3 aromatic rings. The van der Waals surface area contributed by atoms with Crippen LogP contribution in [0.4, 0.5) is 5.69 Å². The van der Waals surface area contributed by atoms with Crippen molar-refractivity contribution < 1.29 is 9.53 Å². The average Bonchev–Trinajstić information content (AvgIpc) is 2.67. The molecular weight excluding hydrogens is 422 g/mol. The number of methoxy groups -OCH3 is 1. The fraction of sp³-hybridized carbons (Fsp3) is 0.190. The highest BCUT2D eigenvalue weighted by Gasteiger charge is 2.12. The van der Waals surface area contributed by atoms with Crippen LogP contribution in [0.5, 0.6) is 5.75 Å². The smallest absolute Gasteiger partial charge is 0.270 e. The molecule has 0 radical (unpaired) electrons. The zero-order chi connectivity index (χ0) is 20.1. The third-order valence-corrected chi connectivity index (χ3v) is 4.65. The van der Waals surface area contributed by atoms with E-state index >= 15 is 0 Å². The predicted molar refractivity (Wildman–Crippen MR) is 112 cm³/mol. The van der Waals surface area contributed by atoms with Crippen molar-refractivity contribution in [1.82, 2.24) is 9.78 Å². The van der Waals surface area contributed by atoms with Gasteiger partial charge in [-0.3, -0.25) is 9.59 Å². The van der Waals surface area contributed by atoms with Crippen molar-refractivity contribution in [3.8, 4) is 5.75 Å². The molecule has 3 rings (SSSR count). The zero-order valence-electron chi connectivity index (χ0n) is 15.6. The number of nitrogens with zero attached hydrogens (tertiary/aromatic N) is 2. The number of amides is 1. The summed E-state index contributed by atoms with van der Waals surface area (Å²) in [5.74, 6) is 0.423. The van der Waals surface area contributed by atoms with Crippen LogP contribution < -0.4 is 15.6 Å². The van der Waals surface area contributed by atoms with Crippen molar-refractivity contribution in [3.63, 3.8) is 0 Å². The third-order valence-electron chi connectivity index (χ3n) is 4.12. The number of halogens is 1. The third kappa shape index (κ3) is 5.07. The Kier molecular flexibility index (Phi) is 6.26. The monoisotopic (exact) mass is 441 g/mol. The standard InChI is InChI=1S/C21H20BrN3O3/c1-14-10-16(11-15-4-3-5-19(12-15)28-2)21(27)25(24-14)13-20(26)23-18-8-6-17(22)7-9-18/h3-10,12H,11,13H2,1-2H3,(H,23,26). The van der Waals surface area contributed by atoms with E-state index in [0.717, 1.165) is 15.8 Å². The molecule has 7 heteroatoms. The van der Waals surface area contributed by atoms with Crippen LogP contribution in [0.2, 0.25) is 0 Å². The lowest BCUT2D eigenvalue weighted by Gasteiger charge is -2.10. The summed E-state index contributed by atoms with van der Waals surface area (Å²) in [5, 5.41) is 6.99. The molecule has 0 spiro atoms. The summed E-state index contributed by atoms with van der Waals surface area (Å²) in [5.41, 5.74) is 2.59. The van der Waals surface area contributed by atoms with Gasteiger partial charge in [0.05, 0.1) is 12.8 Å². The van der Waals surface area contributed by atoms with Crippen LogP contribution in [0.15, 0.2) is 63.9 Å². The Balaban J connectivity index is 1.79. The lowest BCUT2D eigenvalue weighted by Crippen LogP contribution is -2.32.